The van der Waals surface area contributed by atoms with Crippen LogP contribution >= 0.6 is 0 Å². The van der Waals surface area contributed by atoms with Crippen LogP contribution in [-0.2, 0) is 0 Å². The normalized spacial score (nSPS) is 10.6. The molecule has 0 aliphatic rings. The molecular formula is C9H9FNO3. The lowest BCUT2D eigenvalue weighted by Gasteiger charge is -2.06. The number of aliphatic hydroxyl groups excluding tert-OH is 1. The minimum absolute atomic E-state index is 0.206. The van der Waals surface area contributed by atoms with Crippen molar-refractivity contribution in [1.82, 2.24) is 0 Å². The van der Waals surface area contributed by atoms with E-state index >= 15 is 0 Å². The fraction of sp³-hybridized carbons (Fsp3) is 0.222. The first-order chi connectivity index (χ1) is 6.56. The standard InChI is InChI=1S/C9H9FNO3/c1-6(5-12)7-2-3-8(10)9(4-7)11(13)14/h2-4,12H,5H2,1H3. The quantitative estimate of drug-likeness (QED) is 0.593. The predicted octanol–water partition coefficient (Wildman–Crippen LogP) is 1.67. The van der Waals surface area contributed by atoms with Crippen molar-refractivity contribution >= 4 is 5.69 Å². The van der Waals surface area contributed by atoms with Crippen LogP contribution in [0.3, 0.4) is 0 Å². The van der Waals surface area contributed by atoms with E-state index in [1.54, 1.807) is 6.92 Å². The Morgan fingerprint density at radius 1 is 1.64 bits per heavy atom. The summed E-state index contributed by atoms with van der Waals surface area (Å²) in [5.74, 6) is -0.308. The third-order valence-corrected chi connectivity index (χ3v) is 1.87. The lowest BCUT2D eigenvalue weighted by Crippen LogP contribution is -2.02. The van der Waals surface area contributed by atoms with E-state index in [0.717, 1.165) is 12.1 Å². The molecule has 0 saturated heterocycles. The lowest BCUT2D eigenvalue weighted by atomic mass is 10.0. The predicted molar refractivity (Wildman–Crippen MR) is 48.2 cm³/mol. The number of hydrogen-bond donors (Lipinski definition) is 1. The summed E-state index contributed by atoms with van der Waals surface area (Å²) in [6, 6.07) is 3.53. The van der Waals surface area contributed by atoms with Crippen molar-refractivity contribution < 1.29 is 14.4 Å². The van der Waals surface area contributed by atoms with E-state index in [2.05, 4.69) is 0 Å². The van der Waals surface area contributed by atoms with Crippen LogP contribution < -0.4 is 0 Å². The highest BCUT2D eigenvalue weighted by atomic mass is 19.1. The number of hydrogen-bond acceptors (Lipinski definition) is 3. The first-order valence-corrected chi connectivity index (χ1v) is 3.94. The van der Waals surface area contributed by atoms with Crippen molar-refractivity contribution in [3.05, 3.63) is 45.6 Å². The Labute approximate surface area is 80.1 Å². The smallest absolute Gasteiger partial charge is 0.305 e. The molecule has 0 bridgehead atoms. The van der Waals surface area contributed by atoms with Crippen molar-refractivity contribution in [2.75, 3.05) is 6.61 Å². The number of nitro groups is 1. The monoisotopic (exact) mass is 198 g/mol. The van der Waals surface area contributed by atoms with Gasteiger partial charge in [-0.1, -0.05) is 13.0 Å². The molecular weight excluding hydrogens is 189 g/mol. The topological polar surface area (TPSA) is 63.4 Å². The summed E-state index contributed by atoms with van der Waals surface area (Å²) in [5, 5.41) is 19.2. The minimum atomic E-state index is -0.871. The molecule has 1 N–H and O–H groups in total. The summed E-state index contributed by atoms with van der Waals surface area (Å²) >= 11 is 0. The van der Waals surface area contributed by atoms with Gasteiger partial charge in [-0.3, -0.25) is 10.1 Å². The Morgan fingerprint density at radius 2 is 2.29 bits per heavy atom. The molecule has 1 rings (SSSR count). The highest BCUT2D eigenvalue weighted by Gasteiger charge is 2.16. The maximum Gasteiger partial charge on any atom is 0.305 e. The van der Waals surface area contributed by atoms with Crippen LogP contribution in [-0.4, -0.2) is 16.6 Å². The summed E-state index contributed by atoms with van der Waals surface area (Å²) < 4.78 is 12.9. The van der Waals surface area contributed by atoms with E-state index in [1.807, 2.05) is 0 Å². The van der Waals surface area contributed by atoms with Crippen molar-refractivity contribution in [3.63, 3.8) is 0 Å². The van der Waals surface area contributed by atoms with Gasteiger partial charge in [0.25, 0.3) is 0 Å². The highest BCUT2D eigenvalue weighted by Crippen LogP contribution is 2.22. The minimum Gasteiger partial charge on any atom is -0.395 e. The van der Waals surface area contributed by atoms with Gasteiger partial charge in [-0.05, 0) is 11.6 Å². The number of benzene rings is 1. The number of nitrogens with zero attached hydrogens (tertiary/aromatic N) is 1. The molecule has 0 aliphatic carbocycles. The zero-order chi connectivity index (χ0) is 10.7. The number of rotatable bonds is 3. The average Bonchev–Trinajstić information content (AvgIpc) is 2.17. The van der Waals surface area contributed by atoms with Gasteiger partial charge in [0.2, 0.25) is 5.82 Å². The van der Waals surface area contributed by atoms with Crippen LogP contribution in [0.1, 0.15) is 12.5 Å². The van der Waals surface area contributed by atoms with Gasteiger partial charge in [0.05, 0.1) is 11.5 Å². The van der Waals surface area contributed by atoms with E-state index in [4.69, 9.17) is 5.11 Å². The molecule has 0 atom stereocenters. The second-order valence-corrected chi connectivity index (χ2v) is 2.86. The molecule has 0 unspecified atom stereocenters. The van der Waals surface area contributed by atoms with Gasteiger partial charge in [-0.25, -0.2) is 0 Å². The van der Waals surface area contributed by atoms with Crippen molar-refractivity contribution in [2.45, 2.75) is 6.92 Å². The summed E-state index contributed by atoms with van der Waals surface area (Å²) in [6.45, 7) is 1.42. The average molecular weight is 198 g/mol. The molecule has 1 radical (unpaired) electrons. The van der Waals surface area contributed by atoms with Crippen molar-refractivity contribution in [1.29, 1.82) is 0 Å². The summed E-state index contributed by atoms with van der Waals surface area (Å²) in [7, 11) is 0. The maximum absolute atomic E-state index is 12.9. The van der Waals surface area contributed by atoms with Crippen molar-refractivity contribution in [2.24, 2.45) is 0 Å². The van der Waals surface area contributed by atoms with Gasteiger partial charge >= 0.3 is 5.69 Å². The number of aliphatic hydroxyl groups is 1. The largest absolute Gasteiger partial charge is 0.395 e. The van der Waals surface area contributed by atoms with Gasteiger partial charge in [0.15, 0.2) is 0 Å². The van der Waals surface area contributed by atoms with Gasteiger partial charge in [-0.15, -0.1) is 0 Å². The zero-order valence-corrected chi connectivity index (χ0v) is 7.53. The van der Waals surface area contributed by atoms with Gasteiger partial charge in [0, 0.05) is 12.0 Å². The Morgan fingerprint density at radius 3 is 2.79 bits per heavy atom. The Bertz CT molecular complexity index is 354. The molecule has 0 saturated carbocycles. The van der Waals surface area contributed by atoms with Crippen molar-refractivity contribution in [3.8, 4) is 0 Å². The Hall–Kier alpha value is -1.49. The van der Waals surface area contributed by atoms with Gasteiger partial charge in [0.1, 0.15) is 0 Å². The van der Waals surface area contributed by atoms with Crippen LogP contribution in [0.4, 0.5) is 10.1 Å². The molecule has 4 nitrogen and oxygen atoms in total. The molecule has 0 aromatic heterocycles. The fourth-order valence-corrected chi connectivity index (χ4v) is 1.01. The molecule has 5 heteroatoms. The molecule has 1 aromatic carbocycles. The molecule has 14 heavy (non-hydrogen) atoms. The molecule has 0 fully saturated rings. The Kier molecular flexibility index (Phi) is 3.14. The lowest BCUT2D eigenvalue weighted by molar-refractivity contribution is -0.387. The van der Waals surface area contributed by atoms with E-state index in [-0.39, 0.29) is 6.61 Å². The van der Waals surface area contributed by atoms with E-state index < -0.39 is 16.4 Å². The second-order valence-electron chi connectivity index (χ2n) is 2.86. The van der Waals surface area contributed by atoms with E-state index in [9.17, 15) is 14.5 Å². The van der Waals surface area contributed by atoms with Crippen LogP contribution in [0, 0.1) is 21.8 Å². The third kappa shape index (κ3) is 2.05. The SMILES string of the molecule is C[C](CO)c1ccc(F)c([N+](=O)[O-])c1. The summed E-state index contributed by atoms with van der Waals surface area (Å²) in [4.78, 5) is 9.59. The van der Waals surface area contributed by atoms with Crippen LogP contribution in [0.15, 0.2) is 18.2 Å². The van der Waals surface area contributed by atoms with Crippen LogP contribution in [0.5, 0.6) is 0 Å². The van der Waals surface area contributed by atoms with Gasteiger partial charge < -0.3 is 5.11 Å². The first kappa shape index (κ1) is 10.6. The van der Waals surface area contributed by atoms with Crippen LogP contribution in [0.25, 0.3) is 0 Å². The van der Waals surface area contributed by atoms with E-state index in [0.29, 0.717) is 11.5 Å². The molecule has 0 spiro atoms. The summed E-state index contributed by atoms with van der Waals surface area (Å²) in [5.41, 5.74) is -0.101. The summed E-state index contributed by atoms with van der Waals surface area (Å²) in [6.07, 6.45) is 0. The fourth-order valence-electron chi connectivity index (χ4n) is 1.01. The molecule has 0 heterocycles. The number of halogens is 1. The van der Waals surface area contributed by atoms with E-state index in [1.165, 1.54) is 6.07 Å². The first-order valence-electron chi connectivity index (χ1n) is 3.94. The maximum atomic E-state index is 12.9. The molecule has 0 aliphatic heterocycles. The van der Waals surface area contributed by atoms with Crippen LogP contribution in [0.2, 0.25) is 0 Å². The Balaban J connectivity index is 3.12. The molecule has 75 valence electrons. The molecule has 0 amide bonds. The molecule has 1 aromatic rings. The highest BCUT2D eigenvalue weighted by molar-refractivity contribution is 5.41. The van der Waals surface area contributed by atoms with Gasteiger partial charge in [-0.2, -0.15) is 4.39 Å². The zero-order valence-electron chi connectivity index (χ0n) is 7.53. The second kappa shape index (κ2) is 4.15. The number of nitro benzene ring substituents is 1. The third-order valence-electron chi connectivity index (χ3n) is 1.87.